The molecule has 0 radical (unpaired) electrons. The Morgan fingerprint density at radius 3 is 2.46 bits per heavy atom. The van der Waals surface area contributed by atoms with Crippen LogP contribution in [0.1, 0.15) is 35.6 Å². The topological polar surface area (TPSA) is 29.0 Å². The first kappa shape index (κ1) is 18.9. The first-order valence-electron chi connectivity index (χ1n) is 9.61. The van der Waals surface area contributed by atoms with Gasteiger partial charge >= 0.3 is 0 Å². The summed E-state index contributed by atoms with van der Waals surface area (Å²) in [5.41, 5.74) is 5.54. The highest BCUT2D eigenvalue weighted by Crippen LogP contribution is 2.35. The van der Waals surface area contributed by atoms with Crippen LogP contribution in [0.15, 0.2) is 48.8 Å². The average molecular weight is 396 g/mol. The Morgan fingerprint density at radius 2 is 1.79 bits per heavy atom. The van der Waals surface area contributed by atoms with Crippen molar-refractivity contribution in [1.82, 2.24) is 9.97 Å². The third-order valence-electron chi connectivity index (χ3n) is 5.56. The summed E-state index contributed by atoms with van der Waals surface area (Å²) in [7, 11) is 0. The highest BCUT2D eigenvalue weighted by molar-refractivity contribution is 6.33. The third kappa shape index (κ3) is 3.88. The molecule has 1 fully saturated rings. The van der Waals surface area contributed by atoms with Gasteiger partial charge in [0.05, 0.1) is 5.02 Å². The van der Waals surface area contributed by atoms with E-state index in [-0.39, 0.29) is 5.82 Å². The lowest BCUT2D eigenvalue weighted by atomic mass is 9.85. The Labute approximate surface area is 170 Å². The van der Waals surface area contributed by atoms with Crippen LogP contribution in [0.4, 0.5) is 10.2 Å². The van der Waals surface area contributed by atoms with Gasteiger partial charge in [-0.05, 0) is 67.5 Å². The molecule has 1 saturated heterocycles. The van der Waals surface area contributed by atoms with Gasteiger partial charge in [0.25, 0.3) is 0 Å². The van der Waals surface area contributed by atoms with E-state index in [1.165, 1.54) is 23.3 Å². The summed E-state index contributed by atoms with van der Waals surface area (Å²) in [5.74, 6) is 1.24. The average Bonchev–Trinajstić information content (AvgIpc) is 2.68. The van der Waals surface area contributed by atoms with Gasteiger partial charge in [0, 0.05) is 30.4 Å². The lowest BCUT2D eigenvalue weighted by molar-refractivity contribution is 0.501. The minimum atomic E-state index is -0.312. The molecule has 3 nitrogen and oxygen atoms in total. The zero-order chi connectivity index (χ0) is 19.7. The maximum atomic E-state index is 13.3. The fraction of sp³-hybridized carbons (Fsp3) is 0.304. The lowest BCUT2D eigenvalue weighted by Crippen LogP contribution is -2.33. The van der Waals surface area contributed by atoms with Gasteiger partial charge in [-0.3, -0.25) is 0 Å². The molecule has 3 aromatic rings. The van der Waals surface area contributed by atoms with Crippen molar-refractivity contribution in [2.24, 2.45) is 0 Å². The molecule has 144 valence electrons. The van der Waals surface area contributed by atoms with Crippen LogP contribution in [0, 0.1) is 19.7 Å². The molecule has 0 bridgehead atoms. The van der Waals surface area contributed by atoms with Gasteiger partial charge < -0.3 is 4.90 Å². The number of hydrogen-bond donors (Lipinski definition) is 0. The number of anilines is 1. The molecule has 1 aliphatic heterocycles. The maximum absolute atomic E-state index is 13.3. The quantitative estimate of drug-likeness (QED) is 0.549. The number of hydrogen-bond acceptors (Lipinski definition) is 3. The van der Waals surface area contributed by atoms with Crippen LogP contribution >= 0.6 is 11.6 Å². The van der Waals surface area contributed by atoms with Crippen molar-refractivity contribution in [2.75, 3.05) is 18.0 Å². The molecule has 0 N–H and O–H groups in total. The van der Waals surface area contributed by atoms with Gasteiger partial charge in [0.2, 0.25) is 0 Å². The van der Waals surface area contributed by atoms with Crippen LogP contribution in [0.2, 0.25) is 5.02 Å². The van der Waals surface area contributed by atoms with E-state index in [1.54, 1.807) is 12.4 Å². The molecule has 28 heavy (non-hydrogen) atoms. The largest absolute Gasteiger partial charge is 0.356 e. The molecule has 1 aliphatic rings. The van der Waals surface area contributed by atoms with Crippen LogP contribution in [0.5, 0.6) is 0 Å². The van der Waals surface area contributed by atoms with Crippen LogP contribution in [-0.2, 0) is 0 Å². The van der Waals surface area contributed by atoms with Crippen LogP contribution < -0.4 is 4.90 Å². The zero-order valence-corrected chi connectivity index (χ0v) is 16.9. The smallest absolute Gasteiger partial charge is 0.132 e. The van der Waals surface area contributed by atoms with Crippen molar-refractivity contribution in [2.45, 2.75) is 32.6 Å². The Bertz CT molecular complexity index is 997. The molecule has 0 saturated carbocycles. The van der Waals surface area contributed by atoms with E-state index in [4.69, 9.17) is 11.6 Å². The van der Waals surface area contributed by atoms with Gasteiger partial charge in [-0.15, -0.1) is 0 Å². The Hall–Kier alpha value is -2.46. The molecule has 5 heteroatoms. The second-order valence-corrected chi connectivity index (χ2v) is 7.88. The summed E-state index contributed by atoms with van der Waals surface area (Å²) >= 11 is 6.23. The van der Waals surface area contributed by atoms with Gasteiger partial charge in [-0.2, -0.15) is 0 Å². The first-order valence-corrected chi connectivity index (χ1v) is 9.98. The summed E-state index contributed by atoms with van der Waals surface area (Å²) in [6.45, 7) is 6.13. The molecule has 0 aliphatic carbocycles. The fourth-order valence-electron chi connectivity index (χ4n) is 4.06. The second-order valence-electron chi connectivity index (χ2n) is 7.47. The van der Waals surface area contributed by atoms with E-state index < -0.39 is 0 Å². The molecule has 2 heterocycles. The van der Waals surface area contributed by atoms with Gasteiger partial charge in [0.1, 0.15) is 18.0 Å². The molecule has 0 amide bonds. The van der Waals surface area contributed by atoms with Gasteiger partial charge in [-0.25, -0.2) is 14.4 Å². The van der Waals surface area contributed by atoms with Crippen molar-refractivity contribution in [1.29, 1.82) is 0 Å². The van der Waals surface area contributed by atoms with E-state index >= 15 is 0 Å². The Morgan fingerprint density at radius 1 is 1.00 bits per heavy atom. The van der Waals surface area contributed by atoms with Crippen molar-refractivity contribution in [3.63, 3.8) is 0 Å². The number of nitrogens with zero attached hydrogens (tertiary/aromatic N) is 3. The van der Waals surface area contributed by atoms with Gasteiger partial charge in [-0.1, -0.05) is 29.8 Å². The number of halogens is 2. The summed E-state index contributed by atoms with van der Waals surface area (Å²) < 4.78 is 13.3. The first-order chi connectivity index (χ1) is 13.5. The summed E-state index contributed by atoms with van der Waals surface area (Å²) in [5, 5.41) is 0.445. The predicted octanol–water partition coefficient (Wildman–Crippen LogP) is 5.94. The molecule has 0 spiro atoms. The van der Waals surface area contributed by atoms with Crippen LogP contribution in [-0.4, -0.2) is 23.1 Å². The molecular weight excluding hydrogens is 373 g/mol. The molecule has 0 unspecified atom stereocenters. The Kier molecular flexibility index (Phi) is 5.31. The molecule has 1 aromatic heterocycles. The molecule has 0 atom stereocenters. The number of rotatable bonds is 3. The molecular formula is C23H23ClFN3. The molecule has 2 aromatic carbocycles. The normalized spacial score (nSPS) is 15.1. The predicted molar refractivity (Wildman–Crippen MR) is 113 cm³/mol. The minimum Gasteiger partial charge on any atom is -0.356 e. The van der Waals surface area contributed by atoms with E-state index in [9.17, 15) is 4.39 Å². The lowest BCUT2D eigenvalue weighted by Gasteiger charge is -2.33. The molecule has 4 rings (SSSR count). The number of aromatic nitrogens is 2. The highest BCUT2D eigenvalue weighted by atomic mass is 35.5. The van der Waals surface area contributed by atoms with Crippen molar-refractivity contribution in [3.8, 4) is 11.1 Å². The zero-order valence-electron chi connectivity index (χ0n) is 16.1. The third-order valence-corrected chi connectivity index (χ3v) is 5.87. The van der Waals surface area contributed by atoms with Crippen molar-refractivity contribution >= 4 is 17.4 Å². The van der Waals surface area contributed by atoms with Crippen molar-refractivity contribution < 1.29 is 4.39 Å². The van der Waals surface area contributed by atoms with Gasteiger partial charge in [0.15, 0.2) is 0 Å². The summed E-state index contributed by atoms with van der Waals surface area (Å²) in [6.07, 6.45) is 3.83. The summed E-state index contributed by atoms with van der Waals surface area (Å²) in [6, 6.07) is 13.1. The van der Waals surface area contributed by atoms with E-state index in [1.807, 2.05) is 13.0 Å². The monoisotopic (exact) mass is 395 g/mol. The summed E-state index contributed by atoms with van der Waals surface area (Å²) in [4.78, 5) is 10.9. The van der Waals surface area contributed by atoms with E-state index in [0.717, 1.165) is 48.6 Å². The SMILES string of the molecule is Cc1cc(N2CCC(c3ccc(-c4ccc(F)cc4Cl)cc3C)CC2)ncn1. The standard InChI is InChI=1S/C23H23ClFN3/c1-15-11-18(21-6-4-19(25)13-22(21)24)3-5-20(15)17-7-9-28(10-8-17)23-12-16(2)26-14-27-23/h3-6,11-14,17H,7-10H2,1-2H3. The fourth-order valence-corrected chi connectivity index (χ4v) is 4.33. The van der Waals surface area contributed by atoms with E-state index in [0.29, 0.717) is 10.9 Å². The minimum absolute atomic E-state index is 0.312. The Balaban J connectivity index is 1.50. The van der Waals surface area contributed by atoms with Crippen LogP contribution in [0.25, 0.3) is 11.1 Å². The maximum Gasteiger partial charge on any atom is 0.132 e. The van der Waals surface area contributed by atoms with Crippen LogP contribution in [0.3, 0.4) is 0 Å². The number of benzene rings is 2. The number of aryl methyl sites for hydroxylation is 2. The highest BCUT2D eigenvalue weighted by Gasteiger charge is 2.23. The van der Waals surface area contributed by atoms with E-state index in [2.05, 4.69) is 40.0 Å². The number of piperidine rings is 1. The van der Waals surface area contributed by atoms with Crippen molar-refractivity contribution in [3.05, 3.63) is 76.5 Å². The second kappa shape index (κ2) is 7.88.